The first-order valence-electron chi connectivity index (χ1n) is 9.88. The Bertz CT molecular complexity index is 835. The first-order chi connectivity index (χ1) is 14.4. The highest BCUT2D eigenvalue weighted by Gasteiger charge is 2.23. The number of carbonyl (C=O) groups excluding carboxylic acids is 1. The largest absolute Gasteiger partial charge is 0.481 e. The zero-order valence-electron chi connectivity index (χ0n) is 16.7. The molecule has 0 aliphatic rings. The Balaban J connectivity index is 2.06. The Morgan fingerprint density at radius 2 is 1.50 bits per heavy atom. The van der Waals surface area contributed by atoms with Gasteiger partial charge in [-0.05, 0) is 36.0 Å². The summed E-state index contributed by atoms with van der Waals surface area (Å²) in [5.74, 6) is -3.41. The number of hydrogen-bond donors (Lipinski definition) is 4. The monoisotopic (exact) mass is 413 g/mol. The molecule has 0 spiro atoms. The lowest BCUT2D eigenvalue weighted by Crippen LogP contribution is -2.39. The van der Waals surface area contributed by atoms with Crippen LogP contribution in [0, 0.1) is 5.92 Å². The smallest absolute Gasteiger partial charge is 0.308 e. The number of aliphatic carboxylic acids is 2. The van der Waals surface area contributed by atoms with Gasteiger partial charge >= 0.3 is 11.9 Å². The molecule has 4 N–H and O–H groups in total. The van der Waals surface area contributed by atoms with Gasteiger partial charge in [0.2, 0.25) is 5.91 Å². The molecule has 1 amide bonds. The van der Waals surface area contributed by atoms with Crippen molar-refractivity contribution < 1.29 is 29.7 Å². The van der Waals surface area contributed by atoms with Crippen LogP contribution in [0.3, 0.4) is 0 Å². The molecule has 2 atom stereocenters. The van der Waals surface area contributed by atoms with Crippen LogP contribution in [-0.2, 0) is 20.8 Å². The van der Waals surface area contributed by atoms with Crippen molar-refractivity contribution in [2.24, 2.45) is 5.92 Å². The van der Waals surface area contributed by atoms with Gasteiger partial charge in [-0.25, -0.2) is 0 Å². The van der Waals surface area contributed by atoms with E-state index in [0.29, 0.717) is 6.42 Å². The number of carbonyl (C=O) groups is 3. The van der Waals surface area contributed by atoms with Gasteiger partial charge < -0.3 is 20.6 Å². The minimum atomic E-state index is -1.12. The van der Waals surface area contributed by atoms with E-state index in [4.69, 9.17) is 5.11 Å². The van der Waals surface area contributed by atoms with Crippen molar-refractivity contribution in [1.29, 1.82) is 0 Å². The first-order valence-corrected chi connectivity index (χ1v) is 9.88. The SMILES string of the molecule is O=C(O)CCCC(=O)NC(Cc1ccc(-c2ccccc2)cc1)CC(CO)C(=O)O. The normalized spacial score (nSPS) is 12.7. The standard InChI is InChI=1S/C23H27NO6/c25-15-19(23(29)30)14-20(24-21(26)7-4-8-22(27)28)13-16-9-11-18(12-10-16)17-5-2-1-3-6-17/h1-3,5-6,9-12,19-20,25H,4,7-8,13-15H2,(H,24,26)(H,27,28)(H,29,30). The van der Waals surface area contributed by atoms with Crippen LogP contribution in [0.1, 0.15) is 31.2 Å². The van der Waals surface area contributed by atoms with Crippen molar-refractivity contribution in [2.45, 2.75) is 38.1 Å². The molecule has 7 heteroatoms. The third-order valence-electron chi connectivity index (χ3n) is 4.84. The highest BCUT2D eigenvalue weighted by atomic mass is 16.4. The van der Waals surface area contributed by atoms with Gasteiger partial charge in [0.1, 0.15) is 0 Å². The number of carboxylic acid groups (broad SMARTS) is 2. The summed E-state index contributed by atoms with van der Waals surface area (Å²) in [6.45, 7) is -0.520. The fourth-order valence-electron chi connectivity index (χ4n) is 3.24. The maximum atomic E-state index is 12.2. The topological polar surface area (TPSA) is 124 Å². The van der Waals surface area contributed by atoms with Gasteiger partial charge in [0, 0.05) is 18.9 Å². The molecule has 0 radical (unpaired) electrons. The third kappa shape index (κ3) is 7.67. The summed E-state index contributed by atoms with van der Waals surface area (Å²) in [7, 11) is 0. The molecule has 30 heavy (non-hydrogen) atoms. The fraction of sp³-hybridized carbons (Fsp3) is 0.348. The van der Waals surface area contributed by atoms with Gasteiger partial charge in [-0.1, -0.05) is 54.6 Å². The average Bonchev–Trinajstić information content (AvgIpc) is 2.72. The molecule has 0 aliphatic heterocycles. The van der Waals surface area contributed by atoms with E-state index >= 15 is 0 Å². The molecule has 0 bridgehead atoms. The van der Waals surface area contributed by atoms with Crippen LogP contribution >= 0.6 is 0 Å². The lowest BCUT2D eigenvalue weighted by atomic mass is 9.94. The van der Waals surface area contributed by atoms with E-state index in [-0.39, 0.29) is 31.6 Å². The van der Waals surface area contributed by atoms with Gasteiger partial charge in [0.05, 0.1) is 12.5 Å². The highest BCUT2D eigenvalue weighted by Crippen LogP contribution is 2.20. The maximum absolute atomic E-state index is 12.2. The summed E-state index contributed by atoms with van der Waals surface area (Å²) < 4.78 is 0. The summed E-state index contributed by atoms with van der Waals surface area (Å²) in [5.41, 5.74) is 3.05. The van der Waals surface area contributed by atoms with Crippen molar-refractivity contribution in [2.75, 3.05) is 6.61 Å². The maximum Gasteiger partial charge on any atom is 0.308 e. The lowest BCUT2D eigenvalue weighted by Gasteiger charge is -2.22. The van der Waals surface area contributed by atoms with E-state index in [1.165, 1.54) is 0 Å². The molecule has 2 unspecified atom stereocenters. The van der Waals surface area contributed by atoms with E-state index in [1.807, 2.05) is 54.6 Å². The van der Waals surface area contributed by atoms with E-state index < -0.39 is 30.5 Å². The molecular weight excluding hydrogens is 386 g/mol. The first kappa shape index (κ1) is 23.1. The number of rotatable bonds is 12. The minimum Gasteiger partial charge on any atom is -0.481 e. The van der Waals surface area contributed by atoms with E-state index in [2.05, 4.69) is 5.32 Å². The van der Waals surface area contributed by atoms with Crippen molar-refractivity contribution in [1.82, 2.24) is 5.32 Å². The van der Waals surface area contributed by atoms with Crippen LogP contribution in [0.15, 0.2) is 54.6 Å². The van der Waals surface area contributed by atoms with Crippen LogP contribution in [0.5, 0.6) is 0 Å². The van der Waals surface area contributed by atoms with Crippen LogP contribution in [0.25, 0.3) is 11.1 Å². The van der Waals surface area contributed by atoms with Gasteiger partial charge in [0.15, 0.2) is 0 Å². The number of benzene rings is 2. The van der Waals surface area contributed by atoms with Gasteiger partial charge in [-0.3, -0.25) is 14.4 Å². The molecule has 0 aromatic heterocycles. The molecule has 0 aliphatic carbocycles. The van der Waals surface area contributed by atoms with Gasteiger partial charge in [0.25, 0.3) is 0 Å². The Morgan fingerprint density at radius 1 is 0.867 bits per heavy atom. The van der Waals surface area contributed by atoms with Crippen LogP contribution in [-0.4, -0.2) is 45.8 Å². The molecule has 2 aromatic carbocycles. The van der Waals surface area contributed by atoms with Crippen molar-refractivity contribution in [3.05, 3.63) is 60.2 Å². The molecule has 0 saturated carbocycles. The van der Waals surface area contributed by atoms with Crippen LogP contribution < -0.4 is 5.32 Å². The second kappa shape index (κ2) is 11.7. The molecule has 0 fully saturated rings. The molecule has 2 rings (SSSR count). The molecule has 7 nitrogen and oxygen atoms in total. The van der Waals surface area contributed by atoms with Crippen molar-refractivity contribution in [3.63, 3.8) is 0 Å². The third-order valence-corrected chi connectivity index (χ3v) is 4.84. The van der Waals surface area contributed by atoms with E-state index in [0.717, 1.165) is 16.7 Å². The minimum absolute atomic E-state index is 0.0482. The second-order valence-electron chi connectivity index (χ2n) is 7.23. The molecular formula is C23H27NO6. The lowest BCUT2D eigenvalue weighted by molar-refractivity contribution is -0.144. The summed E-state index contributed by atoms with van der Waals surface area (Å²) in [6, 6.07) is 17.2. The molecule has 0 heterocycles. The highest BCUT2D eigenvalue weighted by molar-refractivity contribution is 5.77. The van der Waals surface area contributed by atoms with E-state index in [1.54, 1.807) is 0 Å². The Kier molecular flexibility index (Phi) is 9.03. The zero-order chi connectivity index (χ0) is 21.9. The average molecular weight is 413 g/mol. The second-order valence-corrected chi connectivity index (χ2v) is 7.23. The van der Waals surface area contributed by atoms with Crippen LogP contribution in [0.4, 0.5) is 0 Å². The van der Waals surface area contributed by atoms with Crippen LogP contribution in [0.2, 0.25) is 0 Å². The number of aliphatic hydroxyl groups excluding tert-OH is 1. The quantitative estimate of drug-likeness (QED) is 0.424. The summed E-state index contributed by atoms with van der Waals surface area (Å²) >= 11 is 0. The summed E-state index contributed by atoms with van der Waals surface area (Å²) in [6.07, 6.45) is 0.641. The Labute approximate surface area is 175 Å². The number of amides is 1. The Morgan fingerprint density at radius 3 is 2.07 bits per heavy atom. The van der Waals surface area contributed by atoms with Gasteiger partial charge in [-0.15, -0.1) is 0 Å². The van der Waals surface area contributed by atoms with Crippen molar-refractivity contribution in [3.8, 4) is 11.1 Å². The molecule has 0 saturated heterocycles. The van der Waals surface area contributed by atoms with E-state index in [9.17, 15) is 24.6 Å². The van der Waals surface area contributed by atoms with Crippen molar-refractivity contribution >= 4 is 17.8 Å². The predicted molar refractivity (Wildman–Crippen MR) is 112 cm³/mol. The number of carboxylic acids is 2. The predicted octanol–water partition coefficient (Wildman–Crippen LogP) is 2.72. The molecule has 160 valence electrons. The summed E-state index contributed by atoms with van der Waals surface area (Å²) in [4.78, 5) is 34.1. The number of nitrogens with one attached hydrogen (secondary N) is 1. The zero-order valence-corrected chi connectivity index (χ0v) is 16.7. The molecule has 2 aromatic rings. The van der Waals surface area contributed by atoms with Gasteiger partial charge in [-0.2, -0.15) is 0 Å². The number of aliphatic hydroxyl groups is 1. The number of hydrogen-bond acceptors (Lipinski definition) is 4. The summed E-state index contributed by atoms with van der Waals surface area (Å²) in [5, 5.41) is 30.1. The fourth-order valence-corrected chi connectivity index (χ4v) is 3.24. The Hall–Kier alpha value is -3.19.